The van der Waals surface area contributed by atoms with Gasteiger partial charge in [0, 0.05) is 38.3 Å². The number of amidine groups is 1. The molecule has 0 spiro atoms. The number of nitrogens with one attached hydrogen (secondary N) is 1. The summed E-state index contributed by atoms with van der Waals surface area (Å²) in [7, 11) is -3.65. The van der Waals surface area contributed by atoms with E-state index in [-0.39, 0.29) is 10.8 Å². The van der Waals surface area contributed by atoms with E-state index in [2.05, 4.69) is 24.5 Å². The first-order valence-electron chi connectivity index (χ1n) is 10.6. The zero-order valence-corrected chi connectivity index (χ0v) is 17.7. The van der Waals surface area contributed by atoms with Gasteiger partial charge in [-0.3, -0.25) is 4.90 Å². The Kier molecular flexibility index (Phi) is 5.16. The molecular formula is C21H26N6O2S. The van der Waals surface area contributed by atoms with E-state index < -0.39 is 10.0 Å². The molecule has 0 amide bonds. The zero-order valence-electron chi connectivity index (χ0n) is 16.9. The summed E-state index contributed by atoms with van der Waals surface area (Å²) in [6.07, 6.45) is 6.15. The van der Waals surface area contributed by atoms with Crippen LogP contribution in [0.2, 0.25) is 0 Å². The van der Waals surface area contributed by atoms with Crippen molar-refractivity contribution in [1.29, 1.82) is 0 Å². The number of para-hydroxylation sites is 1. The highest BCUT2D eigenvalue weighted by Gasteiger charge is 2.31. The van der Waals surface area contributed by atoms with Crippen LogP contribution < -0.4 is 10.2 Å². The first-order valence-corrected chi connectivity index (χ1v) is 12.0. The lowest BCUT2D eigenvalue weighted by molar-refractivity contribution is 0.194. The Hall–Kier alpha value is -2.52. The van der Waals surface area contributed by atoms with Gasteiger partial charge in [-0.1, -0.05) is 12.1 Å². The van der Waals surface area contributed by atoms with Crippen LogP contribution in [0.3, 0.4) is 0 Å². The molecular weight excluding hydrogens is 400 g/mol. The molecule has 5 rings (SSSR count). The number of fused-ring (bicyclic) bond motifs is 1. The predicted octanol–water partition coefficient (Wildman–Crippen LogP) is 2.50. The smallest absolute Gasteiger partial charge is 0.286 e. The SMILES string of the molecule is O=S1(=O)N=C([C@@H]2CCCN(Cc3ccnc(N4CCCC4)n3)C2)Nc2ccccc21. The molecule has 8 nitrogen and oxygen atoms in total. The fraction of sp³-hybridized carbons (Fsp3) is 0.476. The van der Waals surface area contributed by atoms with Gasteiger partial charge in [0.2, 0.25) is 5.95 Å². The van der Waals surface area contributed by atoms with Crippen LogP contribution in [0.5, 0.6) is 0 Å². The van der Waals surface area contributed by atoms with Gasteiger partial charge in [-0.25, -0.2) is 9.97 Å². The van der Waals surface area contributed by atoms with Gasteiger partial charge in [-0.05, 0) is 50.4 Å². The number of benzene rings is 1. The number of hydrogen-bond donors (Lipinski definition) is 1. The van der Waals surface area contributed by atoms with Crippen LogP contribution in [-0.4, -0.2) is 55.3 Å². The third-order valence-corrected chi connectivity index (χ3v) is 7.36. The summed E-state index contributed by atoms with van der Waals surface area (Å²) in [5.41, 5.74) is 1.62. The molecule has 0 unspecified atom stereocenters. The van der Waals surface area contributed by atoms with Gasteiger partial charge in [0.15, 0.2) is 0 Å². The van der Waals surface area contributed by atoms with E-state index in [1.807, 2.05) is 18.3 Å². The lowest BCUT2D eigenvalue weighted by Gasteiger charge is -2.34. The molecule has 2 aromatic rings. The topological polar surface area (TPSA) is 90.8 Å². The van der Waals surface area contributed by atoms with Crippen molar-refractivity contribution in [2.24, 2.45) is 10.3 Å². The van der Waals surface area contributed by atoms with Gasteiger partial charge in [0.1, 0.15) is 10.7 Å². The molecule has 0 aliphatic carbocycles. The van der Waals surface area contributed by atoms with Crippen LogP contribution in [0, 0.1) is 5.92 Å². The van der Waals surface area contributed by atoms with Crippen molar-refractivity contribution >= 4 is 27.5 Å². The first kappa shape index (κ1) is 19.4. The highest BCUT2D eigenvalue weighted by Crippen LogP contribution is 2.30. The van der Waals surface area contributed by atoms with E-state index in [1.54, 1.807) is 18.2 Å². The van der Waals surface area contributed by atoms with Crippen molar-refractivity contribution in [3.8, 4) is 0 Å². The molecule has 30 heavy (non-hydrogen) atoms. The number of piperidine rings is 1. The van der Waals surface area contributed by atoms with Crippen molar-refractivity contribution in [1.82, 2.24) is 14.9 Å². The molecule has 2 fully saturated rings. The molecule has 2 saturated heterocycles. The van der Waals surface area contributed by atoms with Gasteiger partial charge < -0.3 is 10.2 Å². The Morgan fingerprint density at radius 3 is 2.77 bits per heavy atom. The van der Waals surface area contributed by atoms with E-state index in [4.69, 9.17) is 4.98 Å². The van der Waals surface area contributed by atoms with Crippen molar-refractivity contribution in [3.63, 3.8) is 0 Å². The Morgan fingerprint density at radius 1 is 1.07 bits per heavy atom. The number of aromatic nitrogens is 2. The number of likely N-dealkylation sites (tertiary alicyclic amines) is 1. The second kappa shape index (κ2) is 7.96. The summed E-state index contributed by atoms with van der Waals surface area (Å²) in [5.74, 6) is 1.43. The monoisotopic (exact) mass is 426 g/mol. The quantitative estimate of drug-likeness (QED) is 0.803. The third-order valence-electron chi connectivity index (χ3n) is 6.01. The van der Waals surface area contributed by atoms with Gasteiger partial charge in [0.05, 0.1) is 11.4 Å². The average molecular weight is 427 g/mol. The van der Waals surface area contributed by atoms with Crippen molar-refractivity contribution in [3.05, 3.63) is 42.2 Å². The Bertz CT molecular complexity index is 1060. The maximum absolute atomic E-state index is 12.6. The maximum Gasteiger partial charge on any atom is 0.286 e. The number of nitrogens with zero attached hydrogens (tertiary/aromatic N) is 5. The normalized spacial score (nSPS) is 23.5. The molecule has 0 bridgehead atoms. The molecule has 0 saturated carbocycles. The lowest BCUT2D eigenvalue weighted by Crippen LogP contribution is -2.41. The minimum atomic E-state index is -3.65. The van der Waals surface area contributed by atoms with Crippen LogP contribution in [-0.2, 0) is 16.6 Å². The van der Waals surface area contributed by atoms with E-state index >= 15 is 0 Å². The van der Waals surface area contributed by atoms with Gasteiger partial charge in [0.25, 0.3) is 10.0 Å². The van der Waals surface area contributed by atoms with Crippen LogP contribution in [0.15, 0.2) is 45.8 Å². The second-order valence-electron chi connectivity index (χ2n) is 8.19. The number of anilines is 2. The largest absolute Gasteiger partial charge is 0.342 e. The zero-order chi connectivity index (χ0) is 20.6. The summed E-state index contributed by atoms with van der Waals surface area (Å²) in [6, 6.07) is 8.92. The van der Waals surface area contributed by atoms with Gasteiger partial charge in [-0.2, -0.15) is 8.42 Å². The van der Waals surface area contributed by atoms with Crippen LogP contribution in [0.4, 0.5) is 11.6 Å². The van der Waals surface area contributed by atoms with Crippen molar-refractivity contribution in [2.75, 3.05) is 36.4 Å². The molecule has 1 N–H and O–H groups in total. The minimum Gasteiger partial charge on any atom is -0.342 e. The average Bonchev–Trinajstić information content (AvgIpc) is 3.29. The lowest BCUT2D eigenvalue weighted by atomic mass is 9.96. The molecule has 158 valence electrons. The van der Waals surface area contributed by atoms with Crippen LogP contribution >= 0.6 is 0 Å². The molecule has 3 aliphatic rings. The van der Waals surface area contributed by atoms with E-state index in [0.29, 0.717) is 11.5 Å². The molecule has 3 aliphatic heterocycles. The summed E-state index contributed by atoms with van der Waals surface area (Å²) in [6.45, 7) is 4.51. The third kappa shape index (κ3) is 3.91. The fourth-order valence-electron chi connectivity index (χ4n) is 4.50. The summed E-state index contributed by atoms with van der Waals surface area (Å²) in [5, 5.41) is 3.26. The fourth-order valence-corrected chi connectivity index (χ4v) is 5.70. The number of hydrogen-bond acceptors (Lipinski definition) is 7. The highest BCUT2D eigenvalue weighted by atomic mass is 32.2. The first-order chi connectivity index (χ1) is 14.6. The molecule has 1 aromatic heterocycles. The Labute approximate surface area is 177 Å². The highest BCUT2D eigenvalue weighted by molar-refractivity contribution is 7.90. The Morgan fingerprint density at radius 2 is 1.90 bits per heavy atom. The standard InChI is InChI=1S/C21H26N6O2S/c28-30(29)19-8-2-1-7-18(19)24-20(25-30)16-6-5-11-26(14-16)15-17-9-10-22-21(23-17)27-12-3-4-13-27/h1-2,7-10,16H,3-6,11-15H2,(H,24,25)/t16-/m1/s1. The molecule has 1 aromatic carbocycles. The van der Waals surface area contributed by atoms with Gasteiger partial charge >= 0.3 is 0 Å². The molecule has 0 radical (unpaired) electrons. The van der Waals surface area contributed by atoms with Crippen molar-refractivity contribution < 1.29 is 8.42 Å². The van der Waals surface area contributed by atoms with E-state index in [9.17, 15) is 8.42 Å². The predicted molar refractivity (Wildman–Crippen MR) is 116 cm³/mol. The summed E-state index contributed by atoms with van der Waals surface area (Å²) < 4.78 is 29.3. The van der Waals surface area contributed by atoms with Crippen LogP contribution in [0.1, 0.15) is 31.4 Å². The van der Waals surface area contributed by atoms with Crippen LogP contribution in [0.25, 0.3) is 0 Å². The summed E-state index contributed by atoms with van der Waals surface area (Å²) >= 11 is 0. The maximum atomic E-state index is 12.6. The number of rotatable bonds is 4. The summed E-state index contributed by atoms with van der Waals surface area (Å²) in [4.78, 5) is 14.0. The van der Waals surface area contributed by atoms with Gasteiger partial charge in [-0.15, -0.1) is 4.40 Å². The van der Waals surface area contributed by atoms with E-state index in [1.165, 1.54) is 12.8 Å². The minimum absolute atomic E-state index is 0.0572. The second-order valence-corrected chi connectivity index (χ2v) is 9.76. The Balaban J connectivity index is 1.30. The molecule has 1 atom stereocenters. The van der Waals surface area contributed by atoms with E-state index in [0.717, 1.165) is 57.2 Å². The number of sulfonamides is 1. The molecule has 9 heteroatoms. The van der Waals surface area contributed by atoms with Crippen molar-refractivity contribution in [2.45, 2.75) is 37.1 Å². The molecule has 4 heterocycles.